The molecule has 114 valence electrons. The number of alkyl halides is 1. The average molecular weight is 416 g/mol. The van der Waals surface area contributed by atoms with Crippen LogP contribution in [0.1, 0.15) is 43.1 Å². The van der Waals surface area contributed by atoms with Gasteiger partial charge in [0.2, 0.25) is 0 Å². The Kier molecular flexibility index (Phi) is 5.88. The number of ether oxygens (including phenoxy) is 1. The summed E-state index contributed by atoms with van der Waals surface area (Å²) < 4.78 is 9.07. The molecule has 5 heteroatoms. The van der Waals surface area contributed by atoms with Crippen LogP contribution >= 0.6 is 31.9 Å². The monoisotopic (exact) mass is 414 g/mol. The van der Waals surface area contributed by atoms with Crippen molar-refractivity contribution in [1.82, 2.24) is 9.78 Å². The van der Waals surface area contributed by atoms with Crippen LogP contribution in [-0.2, 0) is 11.9 Å². The minimum Gasteiger partial charge on any atom is -0.487 e. The number of rotatable bonds is 6. The van der Waals surface area contributed by atoms with E-state index in [-0.39, 0.29) is 0 Å². The van der Waals surface area contributed by atoms with Gasteiger partial charge >= 0.3 is 0 Å². The number of benzene rings is 1. The lowest BCUT2D eigenvalue weighted by atomic mass is 10.1. The van der Waals surface area contributed by atoms with E-state index in [9.17, 15) is 0 Å². The fraction of sp³-hybridized carbons (Fsp3) is 0.438. The van der Waals surface area contributed by atoms with Crippen molar-refractivity contribution in [3.63, 3.8) is 0 Å². The van der Waals surface area contributed by atoms with E-state index in [1.54, 1.807) is 0 Å². The molecule has 0 radical (unpaired) electrons. The number of nitrogens with zero attached hydrogens (tertiary/aromatic N) is 2. The van der Waals surface area contributed by atoms with E-state index in [4.69, 9.17) is 4.74 Å². The lowest BCUT2D eigenvalue weighted by Gasteiger charge is -2.13. The van der Waals surface area contributed by atoms with E-state index in [0.717, 1.165) is 38.8 Å². The first kappa shape index (κ1) is 16.6. The number of hydrogen-bond acceptors (Lipinski definition) is 2. The van der Waals surface area contributed by atoms with Crippen molar-refractivity contribution in [1.29, 1.82) is 0 Å². The van der Waals surface area contributed by atoms with Gasteiger partial charge in [0.1, 0.15) is 12.4 Å². The third-order valence-electron chi connectivity index (χ3n) is 3.53. The van der Waals surface area contributed by atoms with Gasteiger partial charge in [0.25, 0.3) is 0 Å². The van der Waals surface area contributed by atoms with Gasteiger partial charge in [-0.15, -0.1) is 0 Å². The van der Waals surface area contributed by atoms with Gasteiger partial charge in [-0.2, -0.15) is 5.10 Å². The van der Waals surface area contributed by atoms with Crippen LogP contribution in [0.4, 0.5) is 0 Å². The summed E-state index contributed by atoms with van der Waals surface area (Å²) in [6.07, 6.45) is 3.09. The van der Waals surface area contributed by atoms with Gasteiger partial charge in [-0.25, -0.2) is 0 Å². The van der Waals surface area contributed by atoms with Crippen LogP contribution in [0.25, 0.3) is 0 Å². The number of aryl methyl sites for hydroxylation is 1. The minimum absolute atomic E-state index is 0.422. The Bertz CT molecular complexity index is 610. The zero-order valence-electron chi connectivity index (χ0n) is 12.6. The molecule has 0 bridgehead atoms. The predicted molar refractivity (Wildman–Crippen MR) is 93.1 cm³/mol. The van der Waals surface area contributed by atoms with E-state index < -0.39 is 0 Å². The van der Waals surface area contributed by atoms with Crippen molar-refractivity contribution in [3.8, 4) is 5.75 Å². The lowest BCUT2D eigenvalue weighted by molar-refractivity contribution is 0.294. The van der Waals surface area contributed by atoms with Crippen molar-refractivity contribution in [2.75, 3.05) is 0 Å². The zero-order chi connectivity index (χ0) is 15.4. The summed E-state index contributed by atoms with van der Waals surface area (Å²) in [7, 11) is 0. The van der Waals surface area contributed by atoms with Gasteiger partial charge in [0.15, 0.2) is 0 Å². The standard InChI is InChI=1S/C16H20Br2N2O/c1-4-12(3)20-6-5-15(19-20)10-21-16-11(2)7-14(18)8-13(16)9-17/h5-8,12H,4,9-10H2,1-3H3. The third kappa shape index (κ3) is 4.10. The molecule has 1 aromatic heterocycles. The summed E-state index contributed by atoms with van der Waals surface area (Å²) in [5.41, 5.74) is 3.22. The third-order valence-corrected chi connectivity index (χ3v) is 4.59. The van der Waals surface area contributed by atoms with Crippen molar-refractivity contribution < 1.29 is 4.74 Å². The van der Waals surface area contributed by atoms with Gasteiger partial charge in [-0.3, -0.25) is 4.68 Å². The van der Waals surface area contributed by atoms with Crippen molar-refractivity contribution in [2.24, 2.45) is 0 Å². The van der Waals surface area contributed by atoms with Crippen molar-refractivity contribution in [3.05, 3.63) is 45.7 Å². The first-order chi connectivity index (χ1) is 10.0. The summed E-state index contributed by atoms with van der Waals surface area (Å²) in [6.45, 7) is 6.88. The van der Waals surface area contributed by atoms with E-state index in [2.05, 4.69) is 69.9 Å². The van der Waals surface area contributed by atoms with Crippen LogP contribution in [-0.4, -0.2) is 9.78 Å². The van der Waals surface area contributed by atoms with Gasteiger partial charge in [0.05, 0.1) is 5.69 Å². The molecule has 1 atom stereocenters. The molecule has 21 heavy (non-hydrogen) atoms. The maximum atomic E-state index is 6.00. The Balaban J connectivity index is 2.11. The maximum Gasteiger partial charge on any atom is 0.132 e. The average Bonchev–Trinajstić information content (AvgIpc) is 2.93. The smallest absolute Gasteiger partial charge is 0.132 e. The van der Waals surface area contributed by atoms with Gasteiger partial charge in [-0.1, -0.05) is 38.8 Å². The molecule has 0 spiro atoms. The molecule has 2 rings (SSSR count). The minimum atomic E-state index is 0.422. The zero-order valence-corrected chi connectivity index (χ0v) is 15.7. The highest BCUT2D eigenvalue weighted by atomic mass is 79.9. The first-order valence-electron chi connectivity index (χ1n) is 7.07. The molecule has 0 fully saturated rings. The highest BCUT2D eigenvalue weighted by Crippen LogP contribution is 2.30. The lowest BCUT2D eigenvalue weighted by Crippen LogP contribution is -2.06. The summed E-state index contributed by atoms with van der Waals surface area (Å²) in [6, 6.07) is 6.59. The molecule has 0 aliphatic heterocycles. The summed E-state index contributed by atoms with van der Waals surface area (Å²) in [4.78, 5) is 0. The first-order valence-corrected chi connectivity index (χ1v) is 8.98. The Morgan fingerprint density at radius 3 is 2.81 bits per heavy atom. The van der Waals surface area contributed by atoms with Crippen LogP contribution in [0.15, 0.2) is 28.9 Å². The molecule has 0 N–H and O–H groups in total. The molecule has 2 aromatic rings. The number of halogens is 2. The Morgan fingerprint density at radius 2 is 2.14 bits per heavy atom. The van der Waals surface area contributed by atoms with Crippen LogP contribution in [0, 0.1) is 6.92 Å². The van der Waals surface area contributed by atoms with Crippen LogP contribution in [0.2, 0.25) is 0 Å². The Hall–Kier alpha value is -0.810. The summed E-state index contributed by atoms with van der Waals surface area (Å²) >= 11 is 7.03. The van der Waals surface area contributed by atoms with Gasteiger partial charge < -0.3 is 4.74 Å². The van der Waals surface area contributed by atoms with Crippen molar-refractivity contribution in [2.45, 2.75) is 45.2 Å². The van der Waals surface area contributed by atoms with E-state index in [1.807, 2.05) is 16.9 Å². The molecular formula is C16H20Br2N2O. The van der Waals surface area contributed by atoms with E-state index in [0.29, 0.717) is 12.6 Å². The second-order valence-corrected chi connectivity index (χ2v) is 6.65. The molecule has 1 heterocycles. The molecule has 1 aromatic carbocycles. The summed E-state index contributed by atoms with van der Waals surface area (Å²) in [5, 5.41) is 5.34. The van der Waals surface area contributed by atoms with Crippen LogP contribution in [0.3, 0.4) is 0 Å². The van der Waals surface area contributed by atoms with E-state index in [1.165, 1.54) is 0 Å². The highest BCUT2D eigenvalue weighted by Gasteiger charge is 2.10. The molecular weight excluding hydrogens is 396 g/mol. The number of hydrogen-bond donors (Lipinski definition) is 0. The molecule has 0 saturated carbocycles. The van der Waals surface area contributed by atoms with Gasteiger partial charge in [0, 0.05) is 27.6 Å². The van der Waals surface area contributed by atoms with Crippen LogP contribution < -0.4 is 4.74 Å². The largest absolute Gasteiger partial charge is 0.487 e. The fourth-order valence-corrected chi connectivity index (χ4v) is 3.17. The SMILES string of the molecule is CCC(C)n1ccc(COc2c(C)cc(Br)cc2CBr)n1. The molecule has 3 nitrogen and oxygen atoms in total. The predicted octanol–water partition coefficient (Wildman–Crippen LogP) is 5.40. The molecule has 0 amide bonds. The summed E-state index contributed by atoms with van der Waals surface area (Å²) in [5.74, 6) is 0.938. The highest BCUT2D eigenvalue weighted by molar-refractivity contribution is 9.10. The maximum absolute atomic E-state index is 6.00. The molecule has 1 unspecified atom stereocenters. The molecule has 0 aliphatic rings. The second kappa shape index (κ2) is 7.45. The molecule has 0 aliphatic carbocycles. The Labute approximate surface area is 142 Å². The molecule has 0 saturated heterocycles. The normalized spacial score (nSPS) is 12.4. The van der Waals surface area contributed by atoms with Gasteiger partial charge in [-0.05, 0) is 44.0 Å². The second-order valence-electron chi connectivity index (χ2n) is 5.18. The topological polar surface area (TPSA) is 27.1 Å². The Morgan fingerprint density at radius 1 is 1.38 bits per heavy atom. The quantitative estimate of drug-likeness (QED) is 0.590. The fourth-order valence-electron chi connectivity index (χ4n) is 2.14. The van der Waals surface area contributed by atoms with Crippen LogP contribution in [0.5, 0.6) is 5.75 Å². The number of aromatic nitrogens is 2. The van der Waals surface area contributed by atoms with Crippen molar-refractivity contribution >= 4 is 31.9 Å². The van der Waals surface area contributed by atoms with E-state index >= 15 is 0 Å².